The van der Waals surface area contributed by atoms with Gasteiger partial charge < -0.3 is 10.1 Å². The molecule has 96 valence electrons. The van der Waals surface area contributed by atoms with Gasteiger partial charge in [0, 0.05) is 12.6 Å². The zero-order valence-electron chi connectivity index (χ0n) is 11.3. The van der Waals surface area contributed by atoms with Crippen molar-refractivity contribution in [3.05, 3.63) is 0 Å². The van der Waals surface area contributed by atoms with Crippen LogP contribution in [0.15, 0.2) is 0 Å². The Labute approximate surface area is 101 Å². The van der Waals surface area contributed by atoms with Crippen LogP contribution in [0.25, 0.3) is 0 Å². The van der Waals surface area contributed by atoms with Crippen LogP contribution in [0.4, 0.5) is 0 Å². The van der Waals surface area contributed by atoms with Crippen molar-refractivity contribution in [3.63, 3.8) is 0 Å². The highest BCUT2D eigenvalue weighted by Gasteiger charge is 2.29. The minimum absolute atomic E-state index is 0.463. The van der Waals surface area contributed by atoms with E-state index in [9.17, 15) is 0 Å². The summed E-state index contributed by atoms with van der Waals surface area (Å²) in [5.41, 5.74) is 0. The van der Waals surface area contributed by atoms with E-state index in [1.54, 1.807) is 0 Å². The highest BCUT2D eigenvalue weighted by atomic mass is 16.5. The van der Waals surface area contributed by atoms with Crippen molar-refractivity contribution >= 4 is 0 Å². The Morgan fingerprint density at radius 1 is 1.12 bits per heavy atom. The maximum absolute atomic E-state index is 6.01. The molecular weight excluding hydrogens is 198 g/mol. The highest BCUT2D eigenvalue weighted by Crippen LogP contribution is 2.30. The van der Waals surface area contributed by atoms with Gasteiger partial charge in [-0.05, 0) is 38.1 Å². The monoisotopic (exact) mass is 227 g/mol. The van der Waals surface area contributed by atoms with E-state index in [0.29, 0.717) is 12.1 Å². The molecule has 1 N–H and O–H groups in total. The Morgan fingerprint density at radius 3 is 2.56 bits per heavy atom. The molecule has 0 aromatic carbocycles. The lowest BCUT2D eigenvalue weighted by atomic mass is 9.81. The summed E-state index contributed by atoms with van der Waals surface area (Å²) in [6.45, 7) is 8.66. The molecule has 0 saturated heterocycles. The third kappa shape index (κ3) is 4.42. The van der Waals surface area contributed by atoms with Crippen molar-refractivity contribution in [1.29, 1.82) is 0 Å². The molecule has 2 nitrogen and oxygen atoms in total. The van der Waals surface area contributed by atoms with Crippen LogP contribution in [0.5, 0.6) is 0 Å². The van der Waals surface area contributed by atoms with Gasteiger partial charge in [-0.2, -0.15) is 0 Å². The molecule has 1 aliphatic carbocycles. The number of hydrogen-bond donors (Lipinski definition) is 1. The predicted molar refractivity (Wildman–Crippen MR) is 69.7 cm³/mol. The number of likely N-dealkylation sites (N-methyl/N-ethyl adjacent to an activating group) is 1. The molecule has 0 bridgehead atoms. The summed E-state index contributed by atoms with van der Waals surface area (Å²) in [6, 6.07) is 0.602. The fourth-order valence-corrected chi connectivity index (χ4v) is 2.83. The molecule has 0 amide bonds. The first-order chi connectivity index (χ1) is 7.81. The third-order valence-electron chi connectivity index (χ3n) is 3.60. The van der Waals surface area contributed by atoms with Crippen LogP contribution < -0.4 is 5.32 Å². The lowest BCUT2D eigenvalue weighted by Crippen LogP contribution is -2.45. The van der Waals surface area contributed by atoms with E-state index in [0.717, 1.165) is 25.5 Å². The lowest BCUT2D eigenvalue weighted by Gasteiger charge is -2.36. The van der Waals surface area contributed by atoms with Gasteiger partial charge in [0.2, 0.25) is 0 Å². The van der Waals surface area contributed by atoms with Crippen molar-refractivity contribution in [1.82, 2.24) is 5.32 Å². The van der Waals surface area contributed by atoms with E-state index in [2.05, 4.69) is 26.1 Å². The molecule has 16 heavy (non-hydrogen) atoms. The van der Waals surface area contributed by atoms with Crippen LogP contribution in [-0.2, 0) is 4.74 Å². The Balaban J connectivity index is 2.40. The zero-order valence-corrected chi connectivity index (χ0v) is 11.3. The molecule has 2 heteroatoms. The van der Waals surface area contributed by atoms with E-state index < -0.39 is 0 Å². The lowest BCUT2D eigenvalue weighted by molar-refractivity contribution is -0.0104. The fourth-order valence-electron chi connectivity index (χ4n) is 2.83. The second-order valence-electron chi connectivity index (χ2n) is 5.04. The second kappa shape index (κ2) is 8.08. The molecule has 0 heterocycles. The van der Waals surface area contributed by atoms with E-state index in [1.165, 1.54) is 32.1 Å². The van der Waals surface area contributed by atoms with Crippen molar-refractivity contribution < 1.29 is 4.74 Å². The van der Waals surface area contributed by atoms with E-state index in [4.69, 9.17) is 4.74 Å². The van der Waals surface area contributed by atoms with Gasteiger partial charge in [-0.25, -0.2) is 0 Å². The number of nitrogens with one attached hydrogen (secondary N) is 1. The van der Waals surface area contributed by atoms with Crippen LogP contribution in [0.1, 0.15) is 59.3 Å². The van der Waals surface area contributed by atoms with Gasteiger partial charge in [0.1, 0.15) is 0 Å². The molecule has 3 atom stereocenters. The number of ether oxygens (including phenoxy) is 1. The summed E-state index contributed by atoms with van der Waals surface area (Å²) in [6.07, 6.45) is 8.25. The zero-order chi connectivity index (χ0) is 11.8. The molecule has 1 rings (SSSR count). The second-order valence-corrected chi connectivity index (χ2v) is 5.04. The normalized spacial score (nSPS) is 30.6. The van der Waals surface area contributed by atoms with Gasteiger partial charge in [0.05, 0.1) is 6.10 Å². The Hall–Kier alpha value is -0.0800. The first-order valence-corrected chi connectivity index (χ1v) is 7.16. The SMILES string of the molecule is CCCOC1CC(CCC)CCC1NCC. The van der Waals surface area contributed by atoms with Gasteiger partial charge in [0.25, 0.3) is 0 Å². The summed E-state index contributed by atoms with van der Waals surface area (Å²) in [5.74, 6) is 0.904. The molecule has 0 aromatic heterocycles. The number of hydrogen-bond acceptors (Lipinski definition) is 2. The highest BCUT2D eigenvalue weighted by molar-refractivity contribution is 4.85. The summed E-state index contributed by atoms with van der Waals surface area (Å²) < 4.78 is 6.01. The molecule has 1 aliphatic rings. The standard InChI is InChI=1S/C14H29NO/c1-4-7-12-8-9-13(15-6-3)14(11-12)16-10-5-2/h12-15H,4-11H2,1-3H3. The molecule has 0 aliphatic heterocycles. The van der Waals surface area contributed by atoms with Crippen LogP contribution in [0.3, 0.4) is 0 Å². The average molecular weight is 227 g/mol. The Kier molecular flexibility index (Phi) is 7.06. The first-order valence-electron chi connectivity index (χ1n) is 7.16. The maximum Gasteiger partial charge on any atom is 0.0730 e. The van der Waals surface area contributed by atoms with E-state index in [-0.39, 0.29) is 0 Å². The van der Waals surface area contributed by atoms with Gasteiger partial charge >= 0.3 is 0 Å². The summed E-state index contributed by atoms with van der Waals surface area (Å²) >= 11 is 0. The van der Waals surface area contributed by atoms with E-state index >= 15 is 0 Å². The number of rotatable bonds is 7. The van der Waals surface area contributed by atoms with Gasteiger partial charge in [-0.1, -0.05) is 33.6 Å². The largest absolute Gasteiger partial charge is 0.377 e. The average Bonchev–Trinajstić information content (AvgIpc) is 2.30. The summed E-state index contributed by atoms with van der Waals surface area (Å²) in [5, 5.41) is 3.58. The van der Waals surface area contributed by atoms with Crippen molar-refractivity contribution in [2.45, 2.75) is 71.4 Å². The van der Waals surface area contributed by atoms with Crippen molar-refractivity contribution in [2.24, 2.45) is 5.92 Å². The fraction of sp³-hybridized carbons (Fsp3) is 1.00. The summed E-state index contributed by atoms with van der Waals surface area (Å²) in [7, 11) is 0. The van der Waals surface area contributed by atoms with Crippen LogP contribution in [0, 0.1) is 5.92 Å². The maximum atomic E-state index is 6.01. The molecule has 3 unspecified atom stereocenters. The van der Waals surface area contributed by atoms with Gasteiger partial charge in [0.15, 0.2) is 0 Å². The van der Waals surface area contributed by atoms with Crippen LogP contribution in [-0.4, -0.2) is 25.3 Å². The molecule has 0 spiro atoms. The molecular formula is C14H29NO. The minimum atomic E-state index is 0.463. The quantitative estimate of drug-likeness (QED) is 0.720. The van der Waals surface area contributed by atoms with Gasteiger partial charge in [-0.3, -0.25) is 0 Å². The van der Waals surface area contributed by atoms with E-state index in [1.807, 2.05) is 0 Å². The predicted octanol–water partition coefficient (Wildman–Crippen LogP) is 3.36. The molecule has 1 saturated carbocycles. The summed E-state index contributed by atoms with van der Waals surface area (Å²) in [4.78, 5) is 0. The van der Waals surface area contributed by atoms with Crippen LogP contribution >= 0.6 is 0 Å². The third-order valence-corrected chi connectivity index (χ3v) is 3.60. The Morgan fingerprint density at radius 2 is 1.94 bits per heavy atom. The molecule has 1 fully saturated rings. The minimum Gasteiger partial charge on any atom is -0.377 e. The smallest absolute Gasteiger partial charge is 0.0730 e. The topological polar surface area (TPSA) is 21.3 Å². The van der Waals surface area contributed by atoms with Crippen LogP contribution in [0.2, 0.25) is 0 Å². The Bertz CT molecular complexity index is 172. The van der Waals surface area contributed by atoms with Gasteiger partial charge in [-0.15, -0.1) is 0 Å². The van der Waals surface area contributed by atoms with Crippen molar-refractivity contribution in [3.8, 4) is 0 Å². The molecule has 0 radical (unpaired) electrons. The first kappa shape index (κ1) is 14.0. The molecule has 0 aromatic rings. The van der Waals surface area contributed by atoms with Crippen molar-refractivity contribution in [2.75, 3.05) is 13.2 Å².